The molecule has 4 rings (SSSR count). The molecule has 12 nitrogen and oxygen atoms in total. The first-order valence-electron chi connectivity index (χ1n) is 9.36. The molecule has 0 aromatic carbocycles. The van der Waals surface area contributed by atoms with E-state index < -0.39 is 34.4 Å². The number of fused-ring (bicyclic) bond motifs is 2. The van der Waals surface area contributed by atoms with Crippen LogP contribution in [0.2, 0.25) is 0 Å². The van der Waals surface area contributed by atoms with E-state index in [1.54, 1.807) is 0 Å². The van der Waals surface area contributed by atoms with Crippen molar-refractivity contribution in [3.8, 4) is 0 Å². The molecule has 1 aromatic heterocycles. The first kappa shape index (κ1) is 20.1. The lowest BCUT2D eigenvalue weighted by Gasteiger charge is -2.29. The van der Waals surface area contributed by atoms with Crippen molar-refractivity contribution in [3.63, 3.8) is 0 Å². The molecular weight excluding hydrogens is 406 g/mol. The summed E-state index contributed by atoms with van der Waals surface area (Å²) < 4.78 is 37.1. The van der Waals surface area contributed by atoms with Gasteiger partial charge in [-0.25, -0.2) is 10.3 Å². The molecule has 29 heavy (non-hydrogen) atoms. The number of carbonyl (C=O) groups is 2. The van der Waals surface area contributed by atoms with Crippen LogP contribution in [0.5, 0.6) is 0 Å². The third-order valence-corrected chi connectivity index (χ3v) is 5.85. The molecule has 0 saturated carbocycles. The fourth-order valence-electron chi connectivity index (χ4n) is 4.13. The van der Waals surface area contributed by atoms with Crippen molar-refractivity contribution >= 4 is 22.3 Å². The van der Waals surface area contributed by atoms with Crippen LogP contribution in [0.25, 0.3) is 0 Å². The third-order valence-electron chi connectivity index (χ3n) is 5.51. The largest absolute Gasteiger partial charge is 0.418 e. The highest BCUT2D eigenvalue weighted by atomic mass is 32.3. The number of nitrogens with zero attached hydrogens (tertiary/aromatic N) is 3. The normalized spacial score (nSPS) is 29.5. The minimum absolute atomic E-state index is 0.0884. The molecule has 3 amide bonds. The molecule has 0 aliphatic carbocycles. The lowest BCUT2D eigenvalue weighted by Crippen LogP contribution is -2.50. The summed E-state index contributed by atoms with van der Waals surface area (Å²) >= 11 is 0. The van der Waals surface area contributed by atoms with Gasteiger partial charge in [-0.1, -0.05) is 0 Å². The van der Waals surface area contributed by atoms with Crippen molar-refractivity contribution in [2.75, 3.05) is 19.7 Å². The number of amides is 3. The first-order valence-corrected chi connectivity index (χ1v) is 10.7. The zero-order valence-corrected chi connectivity index (χ0v) is 16.3. The molecule has 4 heterocycles. The predicted octanol–water partition coefficient (Wildman–Crippen LogP) is -0.558. The molecule has 3 aliphatic heterocycles. The van der Waals surface area contributed by atoms with Crippen LogP contribution in [0.4, 0.5) is 4.79 Å². The van der Waals surface area contributed by atoms with Crippen LogP contribution in [0, 0.1) is 0 Å². The standard InChI is InChI=1S/C16H23N5O7S/c22-15(18-27-10-11-7-13(8-17-11)19-5-1-2-6-19)14-4-3-12-9-20(14)16(23)21(12)28-29(24,25)26/h1-2,5-6,11-14,17H,3-4,7-10H2,(H,18,22)(H,24,25,26)/t11-,12?,13+,14?/m0/s1. The highest BCUT2D eigenvalue weighted by molar-refractivity contribution is 7.80. The number of piperidine rings is 1. The second-order valence-electron chi connectivity index (χ2n) is 7.41. The van der Waals surface area contributed by atoms with Crippen LogP contribution >= 0.6 is 0 Å². The van der Waals surface area contributed by atoms with Gasteiger partial charge in [-0.05, 0) is 31.4 Å². The Bertz CT molecular complexity index is 861. The molecule has 160 valence electrons. The van der Waals surface area contributed by atoms with Crippen molar-refractivity contribution in [2.24, 2.45) is 0 Å². The minimum atomic E-state index is -4.82. The van der Waals surface area contributed by atoms with Crippen LogP contribution in [0.3, 0.4) is 0 Å². The van der Waals surface area contributed by atoms with Crippen molar-refractivity contribution in [2.45, 2.75) is 43.4 Å². The first-order chi connectivity index (χ1) is 13.8. The van der Waals surface area contributed by atoms with Crippen LogP contribution in [0.1, 0.15) is 25.3 Å². The van der Waals surface area contributed by atoms with Crippen molar-refractivity contribution in [1.29, 1.82) is 0 Å². The van der Waals surface area contributed by atoms with Gasteiger partial charge in [-0.15, -0.1) is 4.28 Å². The molecule has 0 radical (unpaired) electrons. The Labute approximate surface area is 167 Å². The van der Waals surface area contributed by atoms with Gasteiger partial charge in [0.15, 0.2) is 0 Å². The summed E-state index contributed by atoms with van der Waals surface area (Å²) in [7, 11) is -4.82. The fourth-order valence-corrected chi connectivity index (χ4v) is 4.52. The molecule has 3 saturated heterocycles. The van der Waals surface area contributed by atoms with E-state index >= 15 is 0 Å². The maximum atomic E-state index is 12.5. The van der Waals surface area contributed by atoms with E-state index in [2.05, 4.69) is 19.6 Å². The summed E-state index contributed by atoms with van der Waals surface area (Å²) in [4.78, 5) is 31.4. The number of aromatic nitrogens is 1. The quantitative estimate of drug-likeness (QED) is 0.387. The third kappa shape index (κ3) is 4.38. The number of hydroxylamine groups is 3. The molecule has 2 bridgehead atoms. The van der Waals surface area contributed by atoms with E-state index in [9.17, 15) is 18.0 Å². The molecule has 1 aromatic rings. The average Bonchev–Trinajstić information content (AvgIpc) is 3.39. The van der Waals surface area contributed by atoms with Crippen molar-refractivity contribution in [1.82, 2.24) is 25.3 Å². The fraction of sp³-hybridized carbons (Fsp3) is 0.625. The molecule has 3 N–H and O–H groups in total. The number of nitrogens with one attached hydrogen (secondary N) is 2. The maximum Gasteiger partial charge on any atom is 0.418 e. The summed E-state index contributed by atoms with van der Waals surface area (Å²) in [5.74, 6) is -0.481. The summed E-state index contributed by atoms with van der Waals surface area (Å²) in [6, 6.07) is 2.25. The Morgan fingerprint density at radius 3 is 2.76 bits per heavy atom. The Kier molecular flexibility index (Phi) is 5.48. The second kappa shape index (κ2) is 7.91. The van der Waals surface area contributed by atoms with Gasteiger partial charge in [-0.2, -0.15) is 13.5 Å². The molecular formula is C16H23N5O7S. The molecule has 4 atom stereocenters. The molecule has 3 aliphatic rings. The van der Waals surface area contributed by atoms with Gasteiger partial charge < -0.3 is 14.8 Å². The minimum Gasteiger partial charge on any atom is -0.350 e. The molecule has 3 fully saturated rings. The van der Waals surface area contributed by atoms with E-state index in [1.807, 2.05) is 24.5 Å². The van der Waals surface area contributed by atoms with Gasteiger partial charge in [0.2, 0.25) is 0 Å². The Morgan fingerprint density at radius 1 is 1.28 bits per heavy atom. The van der Waals surface area contributed by atoms with Gasteiger partial charge >= 0.3 is 16.4 Å². The van der Waals surface area contributed by atoms with Gasteiger partial charge in [0, 0.05) is 37.6 Å². The van der Waals surface area contributed by atoms with Crippen molar-refractivity contribution < 1.29 is 31.7 Å². The summed E-state index contributed by atoms with van der Waals surface area (Å²) in [6.45, 7) is 1.23. The van der Waals surface area contributed by atoms with Crippen LogP contribution < -0.4 is 10.8 Å². The number of carbonyl (C=O) groups excluding carboxylic acids is 2. The molecule has 0 spiro atoms. The zero-order chi connectivity index (χ0) is 20.6. The average molecular weight is 429 g/mol. The van der Waals surface area contributed by atoms with Crippen LogP contribution in [-0.2, 0) is 24.3 Å². The second-order valence-corrected chi connectivity index (χ2v) is 8.42. The predicted molar refractivity (Wildman–Crippen MR) is 97.4 cm³/mol. The van der Waals surface area contributed by atoms with E-state index in [4.69, 9.17) is 9.39 Å². The van der Waals surface area contributed by atoms with E-state index in [-0.39, 0.29) is 19.2 Å². The Balaban J connectivity index is 1.25. The zero-order valence-electron chi connectivity index (χ0n) is 15.5. The van der Waals surface area contributed by atoms with Gasteiger partial charge in [0.25, 0.3) is 5.91 Å². The van der Waals surface area contributed by atoms with Gasteiger partial charge in [0.1, 0.15) is 6.04 Å². The van der Waals surface area contributed by atoms with Gasteiger partial charge in [0.05, 0.1) is 12.6 Å². The van der Waals surface area contributed by atoms with Crippen LogP contribution in [-0.4, -0.2) is 77.3 Å². The highest BCUT2D eigenvalue weighted by Crippen LogP contribution is 2.30. The number of hydrogen-bond donors (Lipinski definition) is 3. The summed E-state index contributed by atoms with van der Waals surface area (Å²) in [6.07, 6.45) is 5.57. The SMILES string of the molecule is O=C(NOC[C@@H]1C[C@@H](n2cccc2)CN1)C1CCC2CN1C(=O)N2OS(=O)(=O)O. The Morgan fingerprint density at radius 2 is 2.03 bits per heavy atom. The van der Waals surface area contributed by atoms with E-state index in [1.165, 1.54) is 4.90 Å². The number of rotatable bonds is 7. The Hall–Kier alpha value is -2.19. The summed E-state index contributed by atoms with van der Waals surface area (Å²) in [5, 5.41) is 3.95. The summed E-state index contributed by atoms with van der Waals surface area (Å²) in [5.41, 5.74) is 2.39. The van der Waals surface area contributed by atoms with E-state index in [0.717, 1.165) is 13.0 Å². The van der Waals surface area contributed by atoms with Crippen molar-refractivity contribution in [3.05, 3.63) is 24.5 Å². The van der Waals surface area contributed by atoms with Gasteiger partial charge in [-0.3, -0.25) is 14.2 Å². The molecule has 13 heteroatoms. The lowest BCUT2D eigenvalue weighted by atomic mass is 10.0. The lowest BCUT2D eigenvalue weighted by molar-refractivity contribution is -0.139. The molecule has 2 unspecified atom stereocenters. The number of hydrogen-bond acceptors (Lipinski definition) is 7. The smallest absolute Gasteiger partial charge is 0.350 e. The van der Waals surface area contributed by atoms with E-state index in [0.29, 0.717) is 23.9 Å². The van der Waals surface area contributed by atoms with Crippen LogP contribution in [0.15, 0.2) is 24.5 Å². The maximum absolute atomic E-state index is 12.5. The highest BCUT2D eigenvalue weighted by Gasteiger charge is 2.49. The topological polar surface area (TPSA) is 142 Å². The monoisotopic (exact) mass is 429 g/mol. The number of urea groups is 1.